The van der Waals surface area contributed by atoms with Gasteiger partial charge in [-0.15, -0.1) is 0 Å². The normalized spacial score (nSPS) is 26.0. The van der Waals surface area contributed by atoms with Gasteiger partial charge in [0.25, 0.3) is 0 Å². The highest BCUT2D eigenvalue weighted by atomic mass is 16.5. The Bertz CT molecular complexity index is 570. The molecule has 0 amide bonds. The molecule has 0 saturated heterocycles. The Morgan fingerprint density at radius 2 is 1.81 bits per heavy atom. The van der Waals surface area contributed by atoms with Crippen molar-refractivity contribution in [3.05, 3.63) is 47.7 Å². The zero-order valence-corrected chi connectivity index (χ0v) is 12.4. The van der Waals surface area contributed by atoms with Gasteiger partial charge >= 0.3 is 0 Å². The average Bonchev–Trinajstić information content (AvgIpc) is 3.05. The van der Waals surface area contributed by atoms with Gasteiger partial charge in [0.2, 0.25) is 0 Å². The van der Waals surface area contributed by atoms with Crippen LogP contribution in [0.5, 0.6) is 5.75 Å². The third-order valence-corrected chi connectivity index (χ3v) is 4.65. The summed E-state index contributed by atoms with van der Waals surface area (Å²) < 4.78 is 5.20. The van der Waals surface area contributed by atoms with Crippen molar-refractivity contribution in [3.8, 4) is 5.75 Å². The first-order valence-electron chi connectivity index (χ1n) is 7.53. The van der Waals surface area contributed by atoms with Gasteiger partial charge in [-0.25, -0.2) is 0 Å². The predicted octanol–water partition coefficient (Wildman–Crippen LogP) is 2.33. The Kier molecular flexibility index (Phi) is 3.64. The van der Waals surface area contributed by atoms with Gasteiger partial charge in [0, 0.05) is 17.3 Å². The minimum absolute atomic E-state index is 0.399. The van der Waals surface area contributed by atoms with Crippen LogP contribution in [-0.2, 0) is 0 Å². The zero-order chi connectivity index (χ0) is 14.9. The van der Waals surface area contributed by atoms with Crippen LogP contribution in [0.15, 0.2) is 42.1 Å². The lowest BCUT2D eigenvalue weighted by Crippen LogP contribution is -2.61. The Balaban J connectivity index is 1.87. The maximum Gasteiger partial charge on any atom is 0.129 e. The van der Waals surface area contributed by atoms with E-state index < -0.39 is 5.66 Å². The van der Waals surface area contributed by atoms with E-state index in [0.717, 1.165) is 35.5 Å². The Labute approximate surface area is 125 Å². The molecule has 2 aliphatic rings. The van der Waals surface area contributed by atoms with Crippen molar-refractivity contribution in [1.82, 2.24) is 5.32 Å². The quantitative estimate of drug-likeness (QED) is 0.797. The van der Waals surface area contributed by atoms with E-state index >= 15 is 0 Å². The number of benzene rings is 1. The second-order valence-electron chi connectivity index (χ2n) is 5.91. The number of allylic oxidation sites excluding steroid dienone is 2. The van der Waals surface area contributed by atoms with E-state index in [2.05, 4.69) is 5.32 Å². The van der Waals surface area contributed by atoms with E-state index in [1.807, 2.05) is 36.4 Å². The highest BCUT2D eigenvalue weighted by Gasteiger charge is 2.40. The van der Waals surface area contributed by atoms with Gasteiger partial charge in [-0.1, -0.05) is 12.8 Å². The summed E-state index contributed by atoms with van der Waals surface area (Å²) >= 11 is 0. The molecule has 0 radical (unpaired) electrons. The number of hydrogen-bond donors (Lipinski definition) is 3. The van der Waals surface area contributed by atoms with Gasteiger partial charge < -0.3 is 21.5 Å². The van der Waals surface area contributed by atoms with E-state index in [4.69, 9.17) is 16.2 Å². The lowest BCUT2D eigenvalue weighted by atomic mass is 9.86. The molecule has 1 heterocycles. The Morgan fingerprint density at radius 3 is 2.43 bits per heavy atom. The topological polar surface area (TPSA) is 73.3 Å². The second kappa shape index (κ2) is 5.45. The van der Waals surface area contributed by atoms with Gasteiger partial charge in [-0.2, -0.15) is 0 Å². The van der Waals surface area contributed by atoms with E-state index in [9.17, 15) is 0 Å². The van der Waals surface area contributed by atoms with Crippen LogP contribution >= 0.6 is 0 Å². The minimum atomic E-state index is -0.624. The van der Waals surface area contributed by atoms with Crippen LogP contribution in [0.25, 0.3) is 5.70 Å². The third-order valence-electron chi connectivity index (χ3n) is 4.65. The maximum absolute atomic E-state index is 6.62. The summed E-state index contributed by atoms with van der Waals surface area (Å²) in [6.45, 7) is 0. The molecule has 1 aliphatic heterocycles. The molecule has 4 heteroatoms. The van der Waals surface area contributed by atoms with Crippen molar-refractivity contribution >= 4 is 5.70 Å². The summed E-state index contributed by atoms with van der Waals surface area (Å²) in [7, 11) is 1.67. The van der Waals surface area contributed by atoms with Gasteiger partial charge in [-0.3, -0.25) is 0 Å². The summed E-state index contributed by atoms with van der Waals surface area (Å²) in [6, 6.07) is 7.96. The molecule has 1 saturated carbocycles. The van der Waals surface area contributed by atoms with E-state index in [1.54, 1.807) is 7.11 Å². The summed E-state index contributed by atoms with van der Waals surface area (Å²) in [5.74, 6) is 1.25. The smallest absolute Gasteiger partial charge is 0.129 e. The summed E-state index contributed by atoms with van der Waals surface area (Å²) in [5.41, 5.74) is 15.0. The van der Waals surface area contributed by atoms with E-state index in [-0.39, 0.29) is 0 Å². The molecule has 1 aromatic rings. The fraction of sp³-hybridized carbons (Fsp3) is 0.412. The standard InChI is InChI=1S/C17H23N3O/c1-21-14-8-6-12(7-9-14)15-10-11-16(18)17(19,20-15)13-4-2-3-5-13/h6-11,13,20H,2-5,18-19H2,1H3. The van der Waals surface area contributed by atoms with Crippen molar-refractivity contribution in [1.29, 1.82) is 0 Å². The predicted molar refractivity (Wildman–Crippen MR) is 85.3 cm³/mol. The molecule has 0 bridgehead atoms. The first-order valence-corrected chi connectivity index (χ1v) is 7.53. The summed E-state index contributed by atoms with van der Waals surface area (Å²) in [4.78, 5) is 0. The van der Waals surface area contributed by atoms with Crippen LogP contribution in [0.4, 0.5) is 0 Å². The van der Waals surface area contributed by atoms with Crippen molar-refractivity contribution in [2.75, 3.05) is 7.11 Å². The van der Waals surface area contributed by atoms with Gasteiger partial charge in [0.15, 0.2) is 0 Å². The molecule has 1 atom stereocenters. The van der Waals surface area contributed by atoms with Gasteiger partial charge in [0.05, 0.1) is 7.11 Å². The van der Waals surface area contributed by atoms with Gasteiger partial charge in [0.1, 0.15) is 11.4 Å². The lowest BCUT2D eigenvalue weighted by molar-refractivity contribution is 0.288. The Hall–Kier alpha value is -1.94. The Morgan fingerprint density at radius 1 is 1.14 bits per heavy atom. The molecule has 0 aromatic heterocycles. The number of rotatable bonds is 3. The highest BCUT2D eigenvalue weighted by Crippen LogP contribution is 2.37. The number of ether oxygens (including phenoxy) is 1. The molecule has 5 N–H and O–H groups in total. The molecule has 1 aromatic carbocycles. The van der Waals surface area contributed by atoms with Crippen LogP contribution in [0, 0.1) is 5.92 Å². The summed E-state index contributed by atoms with van der Waals surface area (Å²) in [6.07, 6.45) is 8.67. The first kappa shape index (κ1) is 14.0. The molecule has 112 valence electrons. The van der Waals surface area contributed by atoms with Crippen LogP contribution in [0.2, 0.25) is 0 Å². The molecule has 1 unspecified atom stereocenters. The molecule has 0 spiro atoms. The minimum Gasteiger partial charge on any atom is -0.497 e. The van der Waals surface area contributed by atoms with Crippen molar-refractivity contribution in [2.24, 2.45) is 17.4 Å². The number of nitrogens with one attached hydrogen (secondary N) is 1. The fourth-order valence-electron chi connectivity index (χ4n) is 3.31. The molecule has 1 fully saturated rings. The number of dihydropyridines is 1. The maximum atomic E-state index is 6.62. The van der Waals surface area contributed by atoms with Crippen LogP contribution in [0.1, 0.15) is 31.2 Å². The zero-order valence-electron chi connectivity index (χ0n) is 12.4. The highest BCUT2D eigenvalue weighted by molar-refractivity contribution is 5.69. The molecule has 1 aliphatic carbocycles. The van der Waals surface area contributed by atoms with Crippen molar-refractivity contribution < 1.29 is 4.74 Å². The third kappa shape index (κ3) is 2.51. The van der Waals surface area contributed by atoms with E-state index in [0.29, 0.717) is 5.92 Å². The molecular formula is C17H23N3O. The largest absolute Gasteiger partial charge is 0.497 e. The lowest BCUT2D eigenvalue weighted by Gasteiger charge is -2.40. The molecular weight excluding hydrogens is 262 g/mol. The molecule has 4 nitrogen and oxygen atoms in total. The second-order valence-corrected chi connectivity index (χ2v) is 5.91. The number of nitrogens with two attached hydrogens (primary N) is 2. The van der Waals surface area contributed by atoms with Crippen molar-refractivity contribution in [3.63, 3.8) is 0 Å². The number of hydrogen-bond acceptors (Lipinski definition) is 4. The van der Waals surface area contributed by atoms with Gasteiger partial charge in [-0.05, 0) is 54.8 Å². The average molecular weight is 285 g/mol. The van der Waals surface area contributed by atoms with Crippen LogP contribution < -0.4 is 21.5 Å². The molecule has 21 heavy (non-hydrogen) atoms. The molecule has 3 rings (SSSR count). The summed E-state index contributed by atoms with van der Waals surface area (Å²) in [5, 5.41) is 3.48. The van der Waals surface area contributed by atoms with Crippen molar-refractivity contribution in [2.45, 2.75) is 31.3 Å². The SMILES string of the molecule is COc1ccc(C2=CC=C(N)C(N)(C3CCCC3)N2)cc1. The van der Waals surface area contributed by atoms with E-state index in [1.165, 1.54) is 12.8 Å². The fourth-order valence-corrected chi connectivity index (χ4v) is 3.31. The first-order chi connectivity index (χ1) is 10.1. The van der Waals surface area contributed by atoms with Crippen LogP contribution in [-0.4, -0.2) is 12.8 Å². The van der Waals surface area contributed by atoms with Crippen LogP contribution in [0.3, 0.4) is 0 Å². The number of methoxy groups -OCH3 is 1. The monoisotopic (exact) mass is 285 g/mol.